The third-order valence-electron chi connectivity index (χ3n) is 3.45. The van der Waals surface area contributed by atoms with Gasteiger partial charge in [-0.05, 0) is 31.0 Å². The molecule has 1 heterocycles. The first-order valence-corrected chi connectivity index (χ1v) is 9.12. The SMILES string of the molecule is COC(=O)[C@@H]1CN(S(=O)(=O)c2cc(C)ccc2C)CCS1. The van der Waals surface area contributed by atoms with Crippen molar-refractivity contribution in [2.75, 3.05) is 26.0 Å². The molecule has 1 aliphatic rings. The molecule has 0 amide bonds. The number of benzene rings is 1. The second-order valence-electron chi connectivity index (χ2n) is 5.01. The van der Waals surface area contributed by atoms with Gasteiger partial charge in [-0.1, -0.05) is 12.1 Å². The quantitative estimate of drug-likeness (QED) is 0.788. The standard InChI is InChI=1S/C14H19NO4S2/c1-10-4-5-11(2)13(8-10)21(17,18)15-6-7-20-12(9-15)14(16)19-3/h4-5,8,12H,6-7,9H2,1-3H3/t12-/m0/s1. The Hall–Kier alpha value is -1.05. The van der Waals surface area contributed by atoms with E-state index < -0.39 is 15.3 Å². The summed E-state index contributed by atoms with van der Waals surface area (Å²) >= 11 is 1.44. The molecule has 1 aliphatic heterocycles. The van der Waals surface area contributed by atoms with Crippen LogP contribution in [0.1, 0.15) is 11.1 Å². The summed E-state index contributed by atoms with van der Waals surface area (Å²) in [5.41, 5.74) is 1.61. The van der Waals surface area contributed by atoms with Gasteiger partial charge in [0.15, 0.2) is 0 Å². The van der Waals surface area contributed by atoms with Crippen LogP contribution in [0.2, 0.25) is 0 Å². The van der Waals surface area contributed by atoms with Crippen LogP contribution in [-0.4, -0.2) is 49.9 Å². The number of carbonyl (C=O) groups excluding carboxylic acids is 1. The van der Waals surface area contributed by atoms with E-state index in [9.17, 15) is 13.2 Å². The largest absolute Gasteiger partial charge is 0.468 e. The van der Waals surface area contributed by atoms with Crippen LogP contribution in [0.4, 0.5) is 0 Å². The summed E-state index contributed by atoms with van der Waals surface area (Å²) in [5.74, 6) is 0.213. The van der Waals surface area contributed by atoms with Gasteiger partial charge in [0.25, 0.3) is 0 Å². The first-order valence-electron chi connectivity index (χ1n) is 6.63. The van der Waals surface area contributed by atoms with Crippen LogP contribution >= 0.6 is 11.8 Å². The van der Waals surface area contributed by atoms with Crippen LogP contribution in [0.25, 0.3) is 0 Å². The minimum absolute atomic E-state index is 0.160. The lowest BCUT2D eigenvalue weighted by molar-refractivity contribution is -0.140. The molecule has 1 aromatic rings. The minimum atomic E-state index is -3.58. The number of nitrogens with zero attached hydrogens (tertiary/aromatic N) is 1. The number of thioether (sulfide) groups is 1. The summed E-state index contributed by atoms with van der Waals surface area (Å²) in [6, 6.07) is 5.37. The van der Waals surface area contributed by atoms with Crippen LogP contribution in [0.15, 0.2) is 23.1 Å². The fourth-order valence-corrected chi connectivity index (χ4v) is 5.35. The summed E-state index contributed by atoms with van der Waals surface area (Å²) in [7, 11) is -2.26. The van der Waals surface area contributed by atoms with Crippen molar-refractivity contribution in [2.24, 2.45) is 0 Å². The monoisotopic (exact) mass is 329 g/mol. The van der Waals surface area contributed by atoms with E-state index in [0.717, 1.165) is 5.56 Å². The Morgan fingerprint density at radius 1 is 1.38 bits per heavy atom. The second-order valence-corrected chi connectivity index (χ2v) is 8.23. The van der Waals surface area contributed by atoms with Gasteiger partial charge in [0.05, 0.1) is 12.0 Å². The first-order chi connectivity index (χ1) is 9.86. The lowest BCUT2D eigenvalue weighted by atomic mass is 10.2. The Kier molecular flexibility index (Phi) is 4.95. The minimum Gasteiger partial charge on any atom is -0.468 e. The molecular formula is C14H19NO4S2. The zero-order chi connectivity index (χ0) is 15.6. The van der Waals surface area contributed by atoms with Gasteiger partial charge in [-0.2, -0.15) is 4.31 Å². The van der Waals surface area contributed by atoms with Gasteiger partial charge in [-0.15, -0.1) is 11.8 Å². The maximum absolute atomic E-state index is 12.8. The number of hydrogen-bond acceptors (Lipinski definition) is 5. The van der Waals surface area contributed by atoms with E-state index in [2.05, 4.69) is 0 Å². The normalized spacial score (nSPS) is 20.2. The number of esters is 1. The molecule has 21 heavy (non-hydrogen) atoms. The molecule has 0 saturated carbocycles. The number of sulfonamides is 1. The molecule has 0 aromatic heterocycles. The van der Waals surface area contributed by atoms with Crippen molar-refractivity contribution in [3.8, 4) is 0 Å². The number of carbonyl (C=O) groups is 1. The molecule has 1 atom stereocenters. The molecule has 116 valence electrons. The molecule has 0 N–H and O–H groups in total. The van der Waals surface area contributed by atoms with Gasteiger partial charge in [0.1, 0.15) is 5.25 Å². The van der Waals surface area contributed by atoms with E-state index in [1.165, 1.54) is 23.2 Å². The number of methoxy groups -OCH3 is 1. The van der Waals surface area contributed by atoms with Gasteiger partial charge in [0.2, 0.25) is 10.0 Å². The highest BCUT2D eigenvalue weighted by atomic mass is 32.2. The highest BCUT2D eigenvalue weighted by Crippen LogP contribution is 2.27. The maximum Gasteiger partial charge on any atom is 0.320 e. The zero-order valence-electron chi connectivity index (χ0n) is 12.3. The van der Waals surface area contributed by atoms with Crippen molar-refractivity contribution < 1.29 is 17.9 Å². The molecule has 5 nitrogen and oxygen atoms in total. The van der Waals surface area contributed by atoms with E-state index in [1.807, 2.05) is 13.0 Å². The van der Waals surface area contributed by atoms with Gasteiger partial charge >= 0.3 is 5.97 Å². The van der Waals surface area contributed by atoms with Crippen molar-refractivity contribution in [3.63, 3.8) is 0 Å². The third kappa shape index (κ3) is 3.41. The van der Waals surface area contributed by atoms with E-state index in [-0.39, 0.29) is 12.5 Å². The third-order valence-corrected chi connectivity index (χ3v) is 6.62. The molecule has 7 heteroatoms. The summed E-state index contributed by atoms with van der Waals surface area (Å²) in [5, 5.41) is -0.455. The average Bonchev–Trinajstić information content (AvgIpc) is 2.49. The highest BCUT2D eigenvalue weighted by molar-refractivity contribution is 8.00. The zero-order valence-corrected chi connectivity index (χ0v) is 14.0. The van der Waals surface area contributed by atoms with Gasteiger partial charge in [-0.25, -0.2) is 8.42 Å². The number of rotatable bonds is 3. The predicted octanol–water partition coefficient (Wildman–Crippen LogP) is 1.58. The molecular weight excluding hydrogens is 310 g/mol. The molecule has 1 saturated heterocycles. The van der Waals surface area contributed by atoms with E-state index in [4.69, 9.17) is 4.74 Å². The lowest BCUT2D eigenvalue weighted by Gasteiger charge is -2.30. The van der Waals surface area contributed by atoms with Crippen LogP contribution in [0.3, 0.4) is 0 Å². The number of hydrogen-bond donors (Lipinski definition) is 0. The van der Waals surface area contributed by atoms with Crippen LogP contribution in [-0.2, 0) is 19.6 Å². The van der Waals surface area contributed by atoms with Crippen LogP contribution < -0.4 is 0 Å². The Balaban J connectivity index is 2.31. The Morgan fingerprint density at radius 2 is 2.10 bits per heavy atom. The molecule has 0 unspecified atom stereocenters. The summed E-state index contributed by atoms with van der Waals surface area (Å²) in [6.07, 6.45) is 0. The van der Waals surface area contributed by atoms with Crippen molar-refractivity contribution in [1.29, 1.82) is 0 Å². The Morgan fingerprint density at radius 3 is 2.76 bits per heavy atom. The molecule has 0 radical (unpaired) electrons. The molecule has 1 fully saturated rings. The fraction of sp³-hybridized carbons (Fsp3) is 0.500. The number of ether oxygens (including phenoxy) is 1. The van der Waals surface area contributed by atoms with Gasteiger partial charge in [-0.3, -0.25) is 4.79 Å². The van der Waals surface area contributed by atoms with Crippen LogP contribution in [0.5, 0.6) is 0 Å². The lowest BCUT2D eigenvalue weighted by Crippen LogP contribution is -2.45. The van der Waals surface area contributed by atoms with Crippen molar-refractivity contribution in [2.45, 2.75) is 24.0 Å². The maximum atomic E-state index is 12.8. The smallest absolute Gasteiger partial charge is 0.320 e. The van der Waals surface area contributed by atoms with Crippen molar-refractivity contribution in [3.05, 3.63) is 29.3 Å². The Bertz CT molecular complexity index is 642. The number of aryl methyl sites for hydroxylation is 2. The van der Waals surface area contributed by atoms with E-state index >= 15 is 0 Å². The molecule has 0 spiro atoms. The predicted molar refractivity (Wildman–Crippen MR) is 82.9 cm³/mol. The molecule has 0 aliphatic carbocycles. The fourth-order valence-electron chi connectivity index (χ4n) is 2.24. The van der Waals surface area contributed by atoms with Crippen LogP contribution in [0, 0.1) is 13.8 Å². The molecule has 2 rings (SSSR count). The summed E-state index contributed by atoms with van der Waals surface area (Å²) in [6.45, 7) is 4.21. The van der Waals surface area contributed by atoms with Crippen molar-refractivity contribution in [1.82, 2.24) is 4.31 Å². The topological polar surface area (TPSA) is 63.7 Å². The van der Waals surface area contributed by atoms with Gasteiger partial charge < -0.3 is 4.74 Å². The highest BCUT2D eigenvalue weighted by Gasteiger charge is 2.34. The van der Waals surface area contributed by atoms with Gasteiger partial charge in [0, 0.05) is 18.8 Å². The first kappa shape index (κ1) is 16.3. The summed E-state index contributed by atoms with van der Waals surface area (Å²) < 4.78 is 31.7. The summed E-state index contributed by atoms with van der Waals surface area (Å²) in [4.78, 5) is 11.9. The molecule has 0 bridgehead atoms. The average molecular weight is 329 g/mol. The Labute approximate surface area is 129 Å². The second kappa shape index (κ2) is 6.37. The van der Waals surface area contributed by atoms with E-state index in [0.29, 0.717) is 22.8 Å². The molecule has 1 aromatic carbocycles. The van der Waals surface area contributed by atoms with E-state index in [1.54, 1.807) is 19.1 Å². The van der Waals surface area contributed by atoms with Crippen molar-refractivity contribution >= 4 is 27.8 Å².